The van der Waals surface area contributed by atoms with Crippen LogP contribution in [-0.4, -0.2) is 32.7 Å². The molecule has 2 rings (SSSR count). The Balaban J connectivity index is 1.90. The SMILES string of the molecule is COc1ccccc1NC(=O)C[NH+]1CCCCC1. The molecule has 0 aliphatic carbocycles. The number of benzene rings is 1. The molecule has 1 aliphatic heterocycles. The molecule has 0 aromatic heterocycles. The summed E-state index contributed by atoms with van der Waals surface area (Å²) in [5.74, 6) is 0.774. The van der Waals surface area contributed by atoms with Crippen molar-refractivity contribution in [3.05, 3.63) is 24.3 Å². The van der Waals surface area contributed by atoms with Crippen molar-refractivity contribution in [1.82, 2.24) is 0 Å². The zero-order valence-electron chi connectivity index (χ0n) is 10.9. The van der Waals surface area contributed by atoms with E-state index in [0.29, 0.717) is 12.3 Å². The van der Waals surface area contributed by atoms with E-state index in [-0.39, 0.29) is 5.91 Å². The Morgan fingerprint density at radius 2 is 2.00 bits per heavy atom. The largest absolute Gasteiger partial charge is 0.495 e. The van der Waals surface area contributed by atoms with Crippen LogP contribution >= 0.6 is 0 Å². The topological polar surface area (TPSA) is 42.8 Å². The van der Waals surface area contributed by atoms with Gasteiger partial charge in [-0.2, -0.15) is 0 Å². The van der Waals surface area contributed by atoms with E-state index in [1.54, 1.807) is 7.11 Å². The average molecular weight is 249 g/mol. The highest BCUT2D eigenvalue weighted by molar-refractivity contribution is 5.92. The molecule has 98 valence electrons. The monoisotopic (exact) mass is 249 g/mol. The normalized spacial score (nSPS) is 16.3. The number of carbonyl (C=O) groups excluding carboxylic acids is 1. The zero-order chi connectivity index (χ0) is 12.8. The number of rotatable bonds is 4. The van der Waals surface area contributed by atoms with Gasteiger partial charge in [-0.05, 0) is 31.4 Å². The molecule has 1 aromatic carbocycles. The van der Waals surface area contributed by atoms with E-state index in [4.69, 9.17) is 4.74 Å². The third-order valence-electron chi connectivity index (χ3n) is 3.35. The van der Waals surface area contributed by atoms with E-state index in [1.807, 2.05) is 24.3 Å². The molecule has 1 aromatic rings. The van der Waals surface area contributed by atoms with Gasteiger partial charge in [0.1, 0.15) is 5.75 Å². The number of hydrogen-bond acceptors (Lipinski definition) is 2. The molecule has 18 heavy (non-hydrogen) atoms. The molecule has 4 nitrogen and oxygen atoms in total. The van der Waals surface area contributed by atoms with Gasteiger partial charge in [0, 0.05) is 0 Å². The van der Waals surface area contributed by atoms with Crippen molar-refractivity contribution >= 4 is 11.6 Å². The van der Waals surface area contributed by atoms with E-state index in [0.717, 1.165) is 18.8 Å². The lowest BCUT2D eigenvalue weighted by Crippen LogP contribution is -3.13. The number of likely N-dealkylation sites (tertiary alicyclic amines) is 1. The van der Waals surface area contributed by atoms with Crippen LogP contribution in [0.4, 0.5) is 5.69 Å². The van der Waals surface area contributed by atoms with Crippen LogP contribution in [0.25, 0.3) is 0 Å². The quantitative estimate of drug-likeness (QED) is 0.825. The lowest BCUT2D eigenvalue weighted by atomic mass is 10.1. The summed E-state index contributed by atoms with van der Waals surface area (Å²) >= 11 is 0. The minimum atomic E-state index is 0.0661. The number of nitrogens with one attached hydrogen (secondary N) is 2. The van der Waals surface area contributed by atoms with Crippen LogP contribution in [0.5, 0.6) is 5.75 Å². The smallest absolute Gasteiger partial charge is 0.279 e. The first-order valence-electron chi connectivity index (χ1n) is 6.56. The van der Waals surface area contributed by atoms with Crippen LogP contribution in [-0.2, 0) is 4.79 Å². The molecule has 0 saturated carbocycles. The van der Waals surface area contributed by atoms with Gasteiger partial charge < -0.3 is 15.0 Å². The van der Waals surface area contributed by atoms with Gasteiger partial charge in [-0.15, -0.1) is 0 Å². The van der Waals surface area contributed by atoms with Crippen molar-refractivity contribution in [2.24, 2.45) is 0 Å². The van der Waals surface area contributed by atoms with Crippen molar-refractivity contribution in [2.45, 2.75) is 19.3 Å². The molecule has 1 heterocycles. The standard InChI is InChI=1S/C14H20N2O2/c1-18-13-8-4-3-7-12(13)15-14(17)11-16-9-5-2-6-10-16/h3-4,7-8H,2,5-6,9-11H2,1H3,(H,15,17)/p+1. The van der Waals surface area contributed by atoms with Crippen molar-refractivity contribution in [3.63, 3.8) is 0 Å². The van der Waals surface area contributed by atoms with Gasteiger partial charge in [0.15, 0.2) is 6.54 Å². The first kappa shape index (κ1) is 12.9. The summed E-state index contributed by atoms with van der Waals surface area (Å²) in [7, 11) is 1.61. The van der Waals surface area contributed by atoms with Crippen LogP contribution in [0.2, 0.25) is 0 Å². The predicted octanol–water partition coefficient (Wildman–Crippen LogP) is 0.702. The van der Waals surface area contributed by atoms with E-state index >= 15 is 0 Å². The molecule has 0 spiro atoms. The summed E-state index contributed by atoms with van der Waals surface area (Å²) in [5.41, 5.74) is 0.751. The fourth-order valence-corrected chi connectivity index (χ4v) is 2.40. The number of ether oxygens (including phenoxy) is 1. The van der Waals surface area contributed by atoms with Crippen LogP contribution in [0, 0.1) is 0 Å². The summed E-state index contributed by atoms with van der Waals surface area (Å²) in [5, 5.41) is 2.92. The average Bonchev–Trinajstić information content (AvgIpc) is 2.40. The lowest BCUT2D eigenvalue weighted by Gasteiger charge is -2.22. The predicted molar refractivity (Wildman–Crippen MR) is 71.0 cm³/mol. The highest BCUT2D eigenvalue weighted by Crippen LogP contribution is 2.22. The van der Waals surface area contributed by atoms with Crippen LogP contribution in [0.3, 0.4) is 0 Å². The lowest BCUT2D eigenvalue weighted by molar-refractivity contribution is -0.896. The fourth-order valence-electron chi connectivity index (χ4n) is 2.40. The molecule has 1 amide bonds. The van der Waals surface area contributed by atoms with Crippen molar-refractivity contribution < 1.29 is 14.4 Å². The Morgan fingerprint density at radius 1 is 1.28 bits per heavy atom. The van der Waals surface area contributed by atoms with Crippen LogP contribution in [0.1, 0.15) is 19.3 Å². The summed E-state index contributed by atoms with van der Waals surface area (Å²) in [6.07, 6.45) is 3.77. The minimum absolute atomic E-state index is 0.0661. The Hall–Kier alpha value is -1.55. The van der Waals surface area contributed by atoms with Gasteiger partial charge >= 0.3 is 0 Å². The molecule has 1 fully saturated rings. The molecule has 4 heteroatoms. The van der Waals surface area contributed by atoms with Gasteiger partial charge in [0.2, 0.25) is 0 Å². The second-order valence-corrected chi connectivity index (χ2v) is 4.74. The maximum atomic E-state index is 12.0. The third-order valence-corrected chi connectivity index (χ3v) is 3.35. The van der Waals surface area contributed by atoms with Crippen molar-refractivity contribution in [3.8, 4) is 5.75 Å². The van der Waals surface area contributed by atoms with Crippen LogP contribution < -0.4 is 15.0 Å². The van der Waals surface area contributed by atoms with E-state index in [9.17, 15) is 4.79 Å². The number of piperidine rings is 1. The number of anilines is 1. The number of quaternary nitrogens is 1. The van der Waals surface area contributed by atoms with Crippen LogP contribution in [0.15, 0.2) is 24.3 Å². The number of amides is 1. The van der Waals surface area contributed by atoms with Gasteiger partial charge in [-0.25, -0.2) is 0 Å². The maximum absolute atomic E-state index is 12.0. The first-order chi connectivity index (χ1) is 8.79. The molecule has 0 atom stereocenters. The third kappa shape index (κ3) is 3.47. The van der Waals surface area contributed by atoms with Gasteiger partial charge in [0.25, 0.3) is 5.91 Å². The van der Waals surface area contributed by atoms with Gasteiger partial charge in [-0.3, -0.25) is 4.79 Å². The molecule has 2 N–H and O–H groups in total. The zero-order valence-corrected chi connectivity index (χ0v) is 10.9. The second-order valence-electron chi connectivity index (χ2n) is 4.74. The first-order valence-corrected chi connectivity index (χ1v) is 6.56. The molecule has 1 saturated heterocycles. The second kappa shape index (κ2) is 6.40. The Bertz CT molecular complexity index is 401. The van der Waals surface area contributed by atoms with E-state index in [1.165, 1.54) is 24.2 Å². The van der Waals surface area contributed by atoms with Crippen molar-refractivity contribution in [1.29, 1.82) is 0 Å². The summed E-state index contributed by atoms with van der Waals surface area (Å²) in [6, 6.07) is 7.50. The maximum Gasteiger partial charge on any atom is 0.279 e. The summed E-state index contributed by atoms with van der Waals surface area (Å²) in [4.78, 5) is 13.3. The molecule has 0 unspecified atom stereocenters. The molecular weight excluding hydrogens is 228 g/mol. The van der Waals surface area contributed by atoms with Crippen molar-refractivity contribution in [2.75, 3.05) is 32.1 Å². The Labute approximate surface area is 108 Å². The summed E-state index contributed by atoms with van der Waals surface area (Å²) < 4.78 is 5.21. The van der Waals surface area contributed by atoms with E-state index in [2.05, 4.69) is 5.32 Å². The number of carbonyl (C=O) groups is 1. The highest BCUT2D eigenvalue weighted by atomic mass is 16.5. The Kier molecular flexibility index (Phi) is 4.59. The Morgan fingerprint density at radius 3 is 2.72 bits per heavy atom. The summed E-state index contributed by atoms with van der Waals surface area (Å²) in [6.45, 7) is 2.77. The number of para-hydroxylation sites is 2. The number of hydrogen-bond donors (Lipinski definition) is 2. The van der Waals surface area contributed by atoms with Gasteiger partial charge in [-0.1, -0.05) is 12.1 Å². The molecule has 0 radical (unpaired) electrons. The minimum Gasteiger partial charge on any atom is -0.495 e. The molecule has 0 bridgehead atoms. The highest BCUT2D eigenvalue weighted by Gasteiger charge is 2.17. The van der Waals surface area contributed by atoms with Gasteiger partial charge in [0.05, 0.1) is 25.9 Å². The fraction of sp³-hybridized carbons (Fsp3) is 0.500. The van der Waals surface area contributed by atoms with E-state index < -0.39 is 0 Å². The molecule has 1 aliphatic rings. The number of methoxy groups -OCH3 is 1. The molecular formula is C14H21N2O2+.